The van der Waals surface area contributed by atoms with E-state index < -0.39 is 69.0 Å². The zero-order valence-electron chi connectivity index (χ0n) is 21.3. The maximum atomic E-state index is 17.6. The van der Waals surface area contributed by atoms with Crippen LogP contribution in [0.1, 0.15) is 57.5 Å². The van der Waals surface area contributed by atoms with E-state index in [4.69, 9.17) is 9.15 Å². The van der Waals surface area contributed by atoms with E-state index in [1.807, 2.05) is 0 Å². The van der Waals surface area contributed by atoms with Crippen molar-refractivity contribution in [3.8, 4) is 0 Å². The maximum Gasteiger partial charge on any atom is 0.375 e. The van der Waals surface area contributed by atoms with Gasteiger partial charge in [0, 0.05) is 22.7 Å². The molecule has 0 aliphatic heterocycles. The molecule has 4 aliphatic rings. The average Bonchev–Trinajstić information content (AvgIpc) is 3.45. The molecule has 0 amide bonds. The number of thioether (sulfide) groups is 1. The van der Waals surface area contributed by atoms with Crippen LogP contribution in [0, 0.1) is 34.5 Å². The molecule has 37 heavy (non-hydrogen) atoms. The summed E-state index contributed by atoms with van der Waals surface area (Å²) in [6, 6.07) is 1.93. The molecule has 0 spiro atoms. The van der Waals surface area contributed by atoms with Crippen LogP contribution in [0.4, 0.5) is 13.2 Å². The van der Waals surface area contributed by atoms with Crippen LogP contribution in [0.25, 0.3) is 0 Å². The van der Waals surface area contributed by atoms with E-state index in [-0.39, 0.29) is 30.0 Å². The topological polar surface area (TPSA) is 73.6 Å². The van der Waals surface area contributed by atoms with Crippen LogP contribution in [0.3, 0.4) is 0 Å². The number of hydrogen-bond acceptors (Lipinski definition) is 6. The highest BCUT2D eigenvalue weighted by atomic mass is 32.2. The minimum Gasteiger partial charge on any atom is -0.457 e. The number of ether oxygens (including phenoxy) is 1. The van der Waals surface area contributed by atoms with Crippen LogP contribution >= 0.6 is 11.8 Å². The number of rotatable bonds is 4. The minimum atomic E-state index is -1.90. The third kappa shape index (κ3) is 3.28. The quantitative estimate of drug-likeness (QED) is 0.427. The van der Waals surface area contributed by atoms with Crippen molar-refractivity contribution in [2.24, 2.45) is 34.5 Å². The van der Waals surface area contributed by atoms with Gasteiger partial charge in [-0.1, -0.05) is 26.8 Å². The van der Waals surface area contributed by atoms with Gasteiger partial charge < -0.3 is 9.15 Å². The predicted molar refractivity (Wildman–Crippen MR) is 132 cm³/mol. The Bertz CT molecular complexity index is 1200. The van der Waals surface area contributed by atoms with Crippen molar-refractivity contribution in [2.45, 2.75) is 64.4 Å². The van der Waals surface area contributed by atoms with Gasteiger partial charge in [-0.05, 0) is 79.6 Å². The van der Waals surface area contributed by atoms with Gasteiger partial charge in [-0.3, -0.25) is 9.59 Å². The highest BCUT2D eigenvalue weighted by Crippen LogP contribution is 2.73. The van der Waals surface area contributed by atoms with Gasteiger partial charge >= 0.3 is 5.97 Å². The third-order valence-electron chi connectivity index (χ3n) is 9.98. The molecule has 0 aromatic carbocycles. The van der Waals surface area contributed by atoms with Crippen molar-refractivity contribution in [1.29, 1.82) is 0 Å². The van der Waals surface area contributed by atoms with Gasteiger partial charge in [0.25, 0.3) is 0 Å². The summed E-state index contributed by atoms with van der Waals surface area (Å²) >= 11 is 0.434. The summed E-state index contributed by atoms with van der Waals surface area (Å²) in [7, 11) is 0. The Balaban J connectivity index is 1.64. The Kier molecular flexibility index (Phi) is 6.13. The molecule has 0 N–H and O–H groups in total. The predicted octanol–water partition coefficient (Wildman–Crippen LogP) is 6.20. The molecule has 1 heterocycles. The zero-order valence-corrected chi connectivity index (χ0v) is 22.1. The SMILES string of the molecule is C[C@@H]1CC2C3C[C@H](F)C4=CC(=O)C=C[C@]4(C)[C@@]3(F)[C@@H](C)C[C@]2(C)[C@@]1(OC(=O)c1ccco1)C(=O)SCF. The Morgan fingerprint density at radius 3 is 2.57 bits per heavy atom. The minimum absolute atomic E-state index is 0.0961. The van der Waals surface area contributed by atoms with Crippen molar-refractivity contribution < 1.29 is 36.7 Å². The number of carbonyl (C=O) groups is 3. The Labute approximate surface area is 218 Å². The van der Waals surface area contributed by atoms with Crippen LogP contribution in [0.5, 0.6) is 0 Å². The summed E-state index contributed by atoms with van der Waals surface area (Å²) in [5, 5.41) is -0.631. The summed E-state index contributed by atoms with van der Waals surface area (Å²) in [5.74, 6) is -3.92. The normalized spacial score (nSPS) is 44.5. The van der Waals surface area contributed by atoms with E-state index in [0.29, 0.717) is 18.2 Å². The molecular formula is C28H31F3O5S. The lowest BCUT2D eigenvalue weighted by Crippen LogP contribution is -2.68. The number of furan rings is 1. The lowest BCUT2D eigenvalue weighted by molar-refractivity contribution is -0.199. The first-order valence-corrected chi connectivity index (χ1v) is 13.6. The van der Waals surface area contributed by atoms with Gasteiger partial charge in [-0.25, -0.2) is 18.0 Å². The fourth-order valence-corrected chi connectivity index (χ4v) is 9.27. The summed E-state index contributed by atoms with van der Waals surface area (Å²) in [4.78, 5) is 38.9. The summed E-state index contributed by atoms with van der Waals surface area (Å²) in [6.07, 6.45) is 4.09. The molecule has 9 heteroatoms. The van der Waals surface area contributed by atoms with Gasteiger partial charge in [0.2, 0.25) is 10.9 Å². The first kappa shape index (κ1) is 26.3. The number of fused-ring (bicyclic) bond motifs is 5. The van der Waals surface area contributed by atoms with Crippen LogP contribution in [0.2, 0.25) is 0 Å². The van der Waals surface area contributed by atoms with Crippen molar-refractivity contribution in [2.75, 3.05) is 6.01 Å². The van der Waals surface area contributed by atoms with Crippen molar-refractivity contribution in [3.63, 3.8) is 0 Å². The number of hydrogen-bond donors (Lipinski definition) is 0. The number of ketones is 1. The van der Waals surface area contributed by atoms with Gasteiger partial charge in [-0.2, -0.15) is 0 Å². The number of allylic oxidation sites excluding steroid dienone is 4. The maximum absolute atomic E-state index is 17.6. The first-order valence-electron chi connectivity index (χ1n) is 12.6. The largest absolute Gasteiger partial charge is 0.457 e. The Hall–Kier alpha value is -2.29. The second-order valence-electron chi connectivity index (χ2n) is 11.5. The molecule has 0 saturated heterocycles. The lowest BCUT2D eigenvalue weighted by atomic mass is 9.42. The molecule has 5 nitrogen and oxygen atoms in total. The van der Waals surface area contributed by atoms with E-state index in [0.717, 1.165) is 0 Å². The van der Waals surface area contributed by atoms with E-state index in [9.17, 15) is 18.8 Å². The molecule has 3 saturated carbocycles. The van der Waals surface area contributed by atoms with E-state index >= 15 is 8.78 Å². The zero-order chi connectivity index (χ0) is 27.0. The van der Waals surface area contributed by atoms with Crippen LogP contribution in [-0.2, 0) is 14.3 Å². The second-order valence-corrected chi connectivity index (χ2v) is 12.4. The van der Waals surface area contributed by atoms with Crippen molar-refractivity contribution in [1.82, 2.24) is 0 Å². The number of halogens is 3. The number of esters is 1. The van der Waals surface area contributed by atoms with Gasteiger partial charge in [0.1, 0.15) is 17.8 Å². The molecule has 4 aliphatic carbocycles. The molecule has 200 valence electrons. The Morgan fingerprint density at radius 1 is 1.19 bits per heavy atom. The molecule has 3 fully saturated rings. The molecule has 0 radical (unpaired) electrons. The average molecular weight is 537 g/mol. The first-order chi connectivity index (χ1) is 17.4. The van der Waals surface area contributed by atoms with Crippen LogP contribution in [-0.4, -0.2) is 40.3 Å². The van der Waals surface area contributed by atoms with E-state index in [1.54, 1.807) is 27.7 Å². The lowest BCUT2D eigenvalue weighted by Gasteiger charge is -2.64. The molecule has 5 rings (SSSR count). The number of carbonyl (C=O) groups excluding carboxylic acids is 3. The van der Waals surface area contributed by atoms with E-state index in [1.165, 1.54) is 36.6 Å². The summed E-state index contributed by atoms with van der Waals surface area (Å²) < 4.78 is 58.1. The standard InChI is InChI=1S/C28H31F3O5S/c1-15-10-18-19-12-21(30)20-11-17(32)7-8-25(20,3)27(19,31)16(2)13-26(18,4)28(15,24(34)37-14-29)36-23(33)22-6-5-9-35-22/h5-9,11,15-16,18-19,21H,10,12-14H2,1-4H3/t15-,16+,18?,19?,21+,25+,26+,27-,28+/m1/s1. The smallest absolute Gasteiger partial charge is 0.375 e. The molecule has 0 bridgehead atoms. The number of alkyl halides is 3. The van der Waals surface area contributed by atoms with Crippen molar-refractivity contribution >= 4 is 28.6 Å². The van der Waals surface area contributed by atoms with E-state index in [2.05, 4.69) is 0 Å². The van der Waals surface area contributed by atoms with Gasteiger partial charge in [-0.15, -0.1) is 0 Å². The van der Waals surface area contributed by atoms with Gasteiger partial charge in [0.05, 0.1) is 6.26 Å². The highest BCUT2D eigenvalue weighted by Gasteiger charge is 2.77. The fourth-order valence-electron chi connectivity index (χ4n) is 8.48. The monoisotopic (exact) mass is 536 g/mol. The molecule has 1 aromatic heterocycles. The Morgan fingerprint density at radius 2 is 1.92 bits per heavy atom. The summed E-state index contributed by atoms with van der Waals surface area (Å²) in [5.41, 5.74) is -5.92. The van der Waals surface area contributed by atoms with Crippen molar-refractivity contribution in [3.05, 3.63) is 48.0 Å². The third-order valence-corrected chi connectivity index (χ3v) is 10.7. The highest BCUT2D eigenvalue weighted by molar-refractivity contribution is 8.13. The van der Waals surface area contributed by atoms with Gasteiger partial charge in [0.15, 0.2) is 11.4 Å². The van der Waals surface area contributed by atoms with Crippen LogP contribution < -0.4 is 0 Å². The molecule has 1 aromatic rings. The molecule has 2 unspecified atom stereocenters. The molecule has 9 atom stereocenters. The fraction of sp³-hybridized carbons (Fsp3) is 0.607. The molecular weight excluding hydrogens is 505 g/mol. The van der Waals surface area contributed by atoms with Crippen LogP contribution in [0.15, 0.2) is 46.6 Å². The second kappa shape index (κ2) is 8.61. The summed E-state index contributed by atoms with van der Waals surface area (Å²) in [6.45, 7) is 6.92.